The van der Waals surface area contributed by atoms with E-state index in [0.29, 0.717) is 6.54 Å². The monoisotopic (exact) mass is 428 g/mol. The average molecular weight is 430 g/mol. The smallest absolute Gasteiger partial charge is 0.320 e. The molecule has 0 aliphatic carbocycles. The Labute approximate surface area is 171 Å². The average Bonchev–Trinajstić information content (AvgIpc) is 2.62. The van der Waals surface area contributed by atoms with E-state index in [4.69, 9.17) is 34.8 Å². The summed E-state index contributed by atoms with van der Waals surface area (Å²) in [5, 5.41) is 14.6. The molecule has 2 rings (SSSR count). The van der Waals surface area contributed by atoms with E-state index < -0.39 is 4.92 Å². The maximum atomic E-state index is 11.6. The fourth-order valence-electron chi connectivity index (χ4n) is 2.02. The van der Waals surface area contributed by atoms with E-state index in [2.05, 4.69) is 5.32 Å². The highest BCUT2D eigenvalue weighted by Crippen LogP contribution is 2.34. The van der Waals surface area contributed by atoms with Crippen molar-refractivity contribution in [3.63, 3.8) is 0 Å². The molecule has 0 spiro atoms. The number of rotatable bonds is 7. The summed E-state index contributed by atoms with van der Waals surface area (Å²) in [6.07, 6.45) is 0. The predicted molar refractivity (Wildman–Crippen MR) is 109 cm³/mol. The molecule has 0 fully saturated rings. The minimum Gasteiger partial charge on any atom is -0.370 e. The van der Waals surface area contributed by atoms with E-state index in [-0.39, 0.29) is 20.2 Å². The Kier molecular flexibility index (Phi) is 7.85. The Morgan fingerprint density at radius 2 is 1.69 bits per heavy atom. The molecule has 1 N–H and O–H groups in total. The third-order valence-corrected chi connectivity index (χ3v) is 5.30. The number of halogens is 3. The molecule has 0 aromatic heterocycles. The van der Waals surface area contributed by atoms with Gasteiger partial charge in [0.05, 0.1) is 4.92 Å². The van der Waals surface area contributed by atoms with E-state index in [0.717, 1.165) is 16.0 Å². The maximum Gasteiger partial charge on any atom is 0.320 e. The minimum absolute atomic E-state index is 0.256. The third-order valence-electron chi connectivity index (χ3n) is 3.31. The van der Waals surface area contributed by atoms with E-state index in [1.54, 1.807) is 0 Å². The van der Waals surface area contributed by atoms with Crippen molar-refractivity contribution in [3.05, 3.63) is 96.1 Å². The Morgan fingerprint density at radius 1 is 1.08 bits per heavy atom. The summed E-state index contributed by atoms with van der Waals surface area (Å²) in [7, 11) is 0. The Bertz CT molecular complexity index is 833. The first-order valence-electron chi connectivity index (χ1n) is 7.50. The fraction of sp³-hybridized carbons (Fsp3) is 0.111. The van der Waals surface area contributed by atoms with Crippen LogP contribution >= 0.6 is 46.6 Å². The standard InChI is InChI=1S/C18H15Cl3N2O2S/c1-12-7-9-14(10-8-12)26-18(16(23(24)25)15(19)17(20)21)22-11-13-5-3-2-4-6-13/h2-10,22H,11H2,1H3. The normalized spacial score (nSPS) is 11.5. The van der Waals surface area contributed by atoms with Gasteiger partial charge >= 0.3 is 5.70 Å². The summed E-state index contributed by atoms with van der Waals surface area (Å²) in [5.74, 6) is 0. The van der Waals surface area contributed by atoms with Gasteiger partial charge in [-0.25, -0.2) is 0 Å². The molecule has 2 aromatic carbocycles. The fourth-order valence-corrected chi connectivity index (χ4v) is 3.35. The molecule has 0 unspecified atom stereocenters. The second-order valence-electron chi connectivity index (χ2n) is 5.26. The van der Waals surface area contributed by atoms with Gasteiger partial charge in [-0.3, -0.25) is 10.1 Å². The zero-order chi connectivity index (χ0) is 19.1. The Morgan fingerprint density at radius 3 is 2.23 bits per heavy atom. The van der Waals surface area contributed by atoms with Crippen molar-refractivity contribution in [2.24, 2.45) is 0 Å². The van der Waals surface area contributed by atoms with Gasteiger partial charge in [0, 0.05) is 11.4 Å². The van der Waals surface area contributed by atoms with E-state index in [1.165, 1.54) is 11.8 Å². The van der Waals surface area contributed by atoms with Gasteiger partial charge in [-0.15, -0.1) is 0 Å². The summed E-state index contributed by atoms with van der Waals surface area (Å²) in [4.78, 5) is 11.8. The number of nitrogens with one attached hydrogen (secondary N) is 1. The number of aryl methyl sites for hydroxylation is 1. The molecule has 4 nitrogen and oxygen atoms in total. The third kappa shape index (κ3) is 5.95. The molecular formula is C18H15Cl3N2O2S. The summed E-state index contributed by atoms with van der Waals surface area (Å²) in [6.45, 7) is 2.35. The number of thioether (sulfide) groups is 1. The van der Waals surface area contributed by atoms with E-state index in [1.807, 2.05) is 61.5 Å². The van der Waals surface area contributed by atoms with Crippen LogP contribution in [0, 0.1) is 17.0 Å². The number of allylic oxidation sites excluding steroid dienone is 1. The van der Waals surface area contributed by atoms with Gasteiger partial charge in [0.15, 0.2) is 10.1 Å². The SMILES string of the molecule is Cc1ccc(SC(NCc2ccccc2)=C(C(Cl)=C(Cl)Cl)[N+](=O)[O-])cc1. The van der Waals surface area contributed by atoms with Crippen LogP contribution in [0.1, 0.15) is 11.1 Å². The molecule has 0 saturated carbocycles. The quantitative estimate of drug-likeness (QED) is 0.246. The van der Waals surface area contributed by atoms with Crippen molar-refractivity contribution in [1.29, 1.82) is 0 Å². The lowest BCUT2D eigenvalue weighted by Gasteiger charge is -2.12. The highest BCUT2D eigenvalue weighted by molar-refractivity contribution is 8.03. The molecule has 0 radical (unpaired) electrons. The Balaban J connectivity index is 2.41. The maximum absolute atomic E-state index is 11.6. The molecule has 0 aliphatic heterocycles. The lowest BCUT2D eigenvalue weighted by atomic mass is 10.2. The molecule has 0 bridgehead atoms. The first-order valence-corrected chi connectivity index (χ1v) is 9.45. The van der Waals surface area contributed by atoms with Gasteiger partial charge in [0.1, 0.15) is 4.49 Å². The summed E-state index contributed by atoms with van der Waals surface area (Å²) >= 11 is 18.6. The zero-order valence-electron chi connectivity index (χ0n) is 13.7. The van der Waals surface area contributed by atoms with Crippen molar-refractivity contribution in [2.75, 3.05) is 0 Å². The van der Waals surface area contributed by atoms with Gasteiger partial charge in [-0.2, -0.15) is 0 Å². The molecule has 8 heteroatoms. The number of hydrogen-bond acceptors (Lipinski definition) is 4. The van der Waals surface area contributed by atoms with Crippen LogP contribution in [0.4, 0.5) is 0 Å². The van der Waals surface area contributed by atoms with E-state index >= 15 is 0 Å². The molecular weight excluding hydrogens is 415 g/mol. The number of nitro groups is 1. The lowest BCUT2D eigenvalue weighted by molar-refractivity contribution is -0.420. The van der Waals surface area contributed by atoms with Gasteiger partial charge in [-0.1, -0.05) is 94.6 Å². The number of benzene rings is 2. The van der Waals surface area contributed by atoms with Crippen LogP contribution in [0.5, 0.6) is 0 Å². The zero-order valence-corrected chi connectivity index (χ0v) is 16.8. The Hall–Kier alpha value is -1.66. The van der Waals surface area contributed by atoms with Crippen LogP contribution in [0.15, 0.2) is 79.7 Å². The van der Waals surface area contributed by atoms with Crippen LogP contribution < -0.4 is 5.32 Å². The largest absolute Gasteiger partial charge is 0.370 e. The minimum atomic E-state index is -0.596. The highest BCUT2D eigenvalue weighted by Gasteiger charge is 2.26. The molecule has 26 heavy (non-hydrogen) atoms. The van der Waals surface area contributed by atoms with Crippen molar-refractivity contribution < 1.29 is 4.92 Å². The van der Waals surface area contributed by atoms with Crippen molar-refractivity contribution in [2.45, 2.75) is 18.4 Å². The molecule has 2 aromatic rings. The van der Waals surface area contributed by atoms with Gasteiger partial charge < -0.3 is 5.32 Å². The first-order chi connectivity index (χ1) is 12.4. The van der Waals surface area contributed by atoms with Crippen LogP contribution in [0.3, 0.4) is 0 Å². The molecule has 0 aliphatic rings. The number of nitrogens with zero attached hydrogens (tertiary/aromatic N) is 1. The molecule has 0 saturated heterocycles. The second-order valence-corrected chi connectivity index (χ2v) is 7.67. The van der Waals surface area contributed by atoms with E-state index in [9.17, 15) is 10.1 Å². The van der Waals surface area contributed by atoms with Gasteiger partial charge in [0.2, 0.25) is 0 Å². The predicted octanol–water partition coefficient (Wildman–Crippen LogP) is 6.21. The number of hydrogen-bond donors (Lipinski definition) is 1. The van der Waals surface area contributed by atoms with Crippen molar-refractivity contribution >= 4 is 46.6 Å². The molecule has 0 heterocycles. The van der Waals surface area contributed by atoms with Crippen LogP contribution in [0.2, 0.25) is 0 Å². The topological polar surface area (TPSA) is 55.2 Å². The summed E-state index contributed by atoms with van der Waals surface area (Å²) in [5.41, 5.74) is 1.69. The van der Waals surface area contributed by atoms with Crippen molar-refractivity contribution in [3.8, 4) is 0 Å². The first kappa shape index (κ1) is 20.6. The summed E-state index contributed by atoms with van der Waals surface area (Å²) < 4.78 is -0.359. The molecule has 0 atom stereocenters. The van der Waals surface area contributed by atoms with Gasteiger partial charge in [-0.05, 0) is 24.6 Å². The molecule has 0 amide bonds. The van der Waals surface area contributed by atoms with Crippen molar-refractivity contribution in [1.82, 2.24) is 5.32 Å². The van der Waals surface area contributed by atoms with Crippen LogP contribution in [-0.4, -0.2) is 4.92 Å². The molecule has 136 valence electrons. The second kappa shape index (κ2) is 9.88. The van der Waals surface area contributed by atoms with Crippen LogP contribution in [0.25, 0.3) is 0 Å². The summed E-state index contributed by atoms with van der Waals surface area (Å²) in [6, 6.07) is 17.1. The highest BCUT2D eigenvalue weighted by atomic mass is 35.5. The van der Waals surface area contributed by atoms with Gasteiger partial charge in [0.25, 0.3) is 0 Å². The lowest BCUT2D eigenvalue weighted by Crippen LogP contribution is -2.16. The van der Waals surface area contributed by atoms with Crippen LogP contribution in [-0.2, 0) is 6.54 Å².